The number of fused-ring (bicyclic) bond motifs is 4. The van der Waals surface area contributed by atoms with Crippen molar-refractivity contribution in [2.24, 2.45) is 22.7 Å². The van der Waals surface area contributed by atoms with Crippen molar-refractivity contribution >= 4 is 11.9 Å². The van der Waals surface area contributed by atoms with Crippen LogP contribution in [0.4, 0.5) is 0 Å². The molecule has 1 spiro atoms. The van der Waals surface area contributed by atoms with E-state index in [0.717, 1.165) is 6.92 Å². The lowest BCUT2D eigenvalue weighted by atomic mass is 9.53. The second kappa shape index (κ2) is 6.96. The van der Waals surface area contributed by atoms with Crippen molar-refractivity contribution in [2.45, 2.75) is 120 Å². The largest absolute Gasteiger partial charge is 0.457 e. The van der Waals surface area contributed by atoms with Crippen molar-refractivity contribution < 1.29 is 49.3 Å². The summed E-state index contributed by atoms with van der Waals surface area (Å²) in [6.07, 6.45) is -5.79. The molecule has 1 heterocycles. The van der Waals surface area contributed by atoms with E-state index in [9.17, 15) is 35.1 Å². The maximum absolute atomic E-state index is 12.8. The first kappa shape index (κ1) is 25.4. The summed E-state index contributed by atoms with van der Waals surface area (Å²) in [5, 5.41) is 60.5. The van der Waals surface area contributed by atoms with Crippen LogP contribution in [0.1, 0.15) is 67.2 Å². The molecule has 12 atom stereocenters. The normalized spacial score (nSPS) is 57.4. The predicted octanol–water partition coefficient (Wildman–Crippen LogP) is -0.198. The Balaban J connectivity index is 1.85. The smallest absolute Gasteiger partial charge is 0.305 e. The Labute approximate surface area is 204 Å². The molecule has 0 unspecified atom stereocenters. The van der Waals surface area contributed by atoms with Gasteiger partial charge in [-0.25, -0.2) is 0 Å². The van der Waals surface area contributed by atoms with Crippen molar-refractivity contribution in [3.63, 3.8) is 0 Å². The Bertz CT molecular complexity index is 960. The number of ether oxygens (including phenoxy) is 3. The minimum absolute atomic E-state index is 0.0325. The average Bonchev–Trinajstić information content (AvgIpc) is 3.46. The third-order valence-corrected chi connectivity index (χ3v) is 10.5. The summed E-state index contributed by atoms with van der Waals surface area (Å²) in [4.78, 5) is 25.2. The third kappa shape index (κ3) is 2.66. The molecule has 10 nitrogen and oxygen atoms in total. The highest BCUT2D eigenvalue weighted by Crippen LogP contribution is 2.74. The zero-order chi connectivity index (χ0) is 26.1. The van der Waals surface area contributed by atoms with Gasteiger partial charge in [0.1, 0.15) is 11.2 Å². The van der Waals surface area contributed by atoms with E-state index in [-0.39, 0.29) is 25.7 Å². The summed E-state index contributed by atoms with van der Waals surface area (Å²) >= 11 is 0. The van der Waals surface area contributed by atoms with Crippen LogP contribution in [0.25, 0.3) is 0 Å². The molecule has 1 aliphatic heterocycles. The first-order valence-corrected chi connectivity index (χ1v) is 12.5. The number of carbonyl (C=O) groups excluding carboxylic acids is 2. The molecule has 10 heteroatoms. The minimum atomic E-state index is -2.13. The monoisotopic (exact) mass is 498 g/mol. The fourth-order valence-corrected chi connectivity index (χ4v) is 8.82. The lowest BCUT2D eigenvalue weighted by molar-refractivity contribution is -0.289. The van der Waals surface area contributed by atoms with Gasteiger partial charge in [0.25, 0.3) is 0 Å². The van der Waals surface area contributed by atoms with Gasteiger partial charge in [0, 0.05) is 24.7 Å². The zero-order valence-electron chi connectivity index (χ0n) is 21.1. The summed E-state index contributed by atoms with van der Waals surface area (Å²) in [5.74, 6) is -3.28. The van der Waals surface area contributed by atoms with Gasteiger partial charge in [-0.1, -0.05) is 20.8 Å². The summed E-state index contributed by atoms with van der Waals surface area (Å²) in [6.45, 7) is 9.13. The molecule has 0 radical (unpaired) electrons. The van der Waals surface area contributed by atoms with Gasteiger partial charge in [-0.2, -0.15) is 0 Å². The molecule has 5 fully saturated rings. The van der Waals surface area contributed by atoms with Crippen LogP contribution in [0.2, 0.25) is 0 Å². The van der Waals surface area contributed by atoms with Crippen LogP contribution in [0.3, 0.4) is 0 Å². The Morgan fingerprint density at radius 3 is 2.23 bits per heavy atom. The van der Waals surface area contributed by atoms with Gasteiger partial charge in [0.15, 0.2) is 12.2 Å². The van der Waals surface area contributed by atoms with E-state index >= 15 is 0 Å². The first-order chi connectivity index (χ1) is 15.9. The summed E-state index contributed by atoms with van der Waals surface area (Å²) in [5.41, 5.74) is -10.6. The number of carbonyl (C=O) groups is 2. The van der Waals surface area contributed by atoms with Crippen LogP contribution in [-0.4, -0.2) is 90.4 Å². The Hall–Kier alpha value is -1.30. The van der Waals surface area contributed by atoms with E-state index in [1.165, 1.54) is 6.92 Å². The van der Waals surface area contributed by atoms with Crippen LogP contribution in [0, 0.1) is 22.7 Å². The molecular weight excluding hydrogens is 460 g/mol. The first-order valence-electron chi connectivity index (χ1n) is 12.5. The molecular formula is C25H38O10. The Morgan fingerprint density at radius 1 is 1.03 bits per heavy atom. The molecule has 0 aromatic rings. The van der Waals surface area contributed by atoms with E-state index in [2.05, 4.69) is 0 Å². The second-order valence-electron chi connectivity index (χ2n) is 12.5. The molecule has 0 aromatic carbocycles. The molecule has 2 bridgehead atoms. The standard InChI is InChI=1S/C25H38O10/c1-7-13(27)34-18-19(33-11(2)26)25(32)15(14-17(35-14)20(25,3)4)22(6,30)24(31)9-8-12-16(28)23(18,24)10-21(12,5)29/h12,14-19,28-32H,7-10H2,1-6H3/t12-,14+,15+,16-,17+,18-,19-,21-,22+,23-,24-,25+/m1/s1. The number of aliphatic hydroxyl groups is 5. The van der Waals surface area contributed by atoms with Crippen molar-refractivity contribution in [3.05, 3.63) is 0 Å². The van der Waals surface area contributed by atoms with Gasteiger partial charge in [0.05, 0.1) is 40.8 Å². The van der Waals surface area contributed by atoms with Crippen molar-refractivity contribution in [1.29, 1.82) is 0 Å². The van der Waals surface area contributed by atoms with Crippen LogP contribution in [0.5, 0.6) is 0 Å². The predicted molar refractivity (Wildman–Crippen MR) is 119 cm³/mol. The number of esters is 2. The van der Waals surface area contributed by atoms with Crippen LogP contribution in [-0.2, 0) is 23.8 Å². The summed E-state index contributed by atoms with van der Waals surface area (Å²) < 4.78 is 17.5. The molecule has 198 valence electrons. The molecule has 5 N–H and O–H groups in total. The van der Waals surface area contributed by atoms with Gasteiger partial charge in [0.2, 0.25) is 0 Å². The lowest BCUT2D eigenvalue weighted by Crippen LogP contribution is -2.73. The van der Waals surface area contributed by atoms with Gasteiger partial charge in [-0.05, 0) is 33.1 Å². The molecule has 0 aromatic heterocycles. The van der Waals surface area contributed by atoms with Crippen LogP contribution < -0.4 is 0 Å². The van der Waals surface area contributed by atoms with Gasteiger partial charge >= 0.3 is 11.9 Å². The zero-order valence-corrected chi connectivity index (χ0v) is 21.1. The Kier molecular flexibility index (Phi) is 5.04. The van der Waals surface area contributed by atoms with E-state index in [4.69, 9.17) is 14.2 Å². The fraction of sp³-hybridized carbons (Fsp3) is 0.920. The quantitative estimate of drug-likeness (QED) is 0.260. The lowest BCUT2D eigenvalue weighted by Gasteiger charge is -2.58. The molecule has 4 saturated carbocycles. The van der Waals surface area contributed by atoms with E-state index in [1.54, 1.807) is 27.7 Å². The number of hydrogen-bond acceptors (Lipinski definition) is 10. The highest BCUT2D eigenvalue weighted by molar-refractivity contribution is 5.70. The molecule has 35 heavy (non-hydrogen) atoms. The Morgan fingerprint density at radius 2 is 1.66 bits per heavy atom. The number of rotatable bonds is 3. The number of hydrogen-bond donors (Lipinski definition) is 5. The van der Waals surface area contributed by atoms with Crippen molar-refractivity contribution in [1.82, 2.24) is 0 Å². The van der Waals surface area contributed by atoms with Gasteiger partial charge < -0.3 is 39.7 Å². The highest BCUT2D eigenvalue weighted by atomic mass is 16.6. The van der Waals surface area contributed by atoms with Gasteiger partial charge in [-0.15, -0.1) is 0 Å². The summed E-state index contributed by atoms with van der Waals surface area (Å²) in [7, 11) is 0. The van der Waals surface area contributed by atoms with Crippen LogP contribution >= 0.6 is 0 Å². The summed E-state index contributed by atoms with van der Waals surface area (Å²) in [6, 6.07) is 0. The van der Waals surface area contributed by atoms with Crippen molar-refractivity contribution in [3.8, 4) is 0 Å². The second-order valence-corrected chi connectivity index (χ2v) is 12.5. The van der Waals surface area contributed by atoms with E-state index < -0.39 is 87.5 Å². The molecule has 5 aliphatic rings. The molecule has 1 saturated heterocycles. The van der Waals surface area contributed by atoms with Crippen molar-refractivity contribution in [2.75, 3.05) is 0 Å². The maximum atomic E-state index is 12.8. The van der Waals surface area contributed by atoms with E-state index in [0.29, 0.717) is 0 Å². The minimum Gasteiger partial charge on any atom is -0.457 e. The average molecular weight is 499 g/mol. The highest BCUT2D eigenvalue weighted by Gasteiger charge is 2.89. The molecule has 0 amide bonds. The topological polar surface area (TPSA) is 166 Å². The van der Waals surface area contributed by atoms with Gasteiger partial charge in [-0.3, -0.25) is 9.59 Å². The SMILES string of the molecule is CCC(=O)O[C@@H]1[C@@H](OC(C)=O)[C@@]2(O)[C@@H]([C@@H]3O[C@@H]3C2(C)C)[C@](C)(O)[C@]2(O)CC[C@@H]3[C@@H](O)[C@]12C[C@@]3(C)O. The molecule has 4 aliphatic carbocycles. The number of epoxide rings is 1. The van der Waals surface area contributed by atoms with E-state index in [1.807, 2.05) is 0 Å². The fourth-order valence-electron chi connectivity index (χ4n) is 8.82. The third-order valence-electron chi connectivity index (χ3n) is 10.5. The maximum Gasteiger partial charge on any atom is 0.305 e. The molecule has 5 rings (SSSR count). The number of aliphatic hydroxyl groups excluding tert-OH is 1. The van der Waals surface area contributed by atoms with Crippen LogP contribution in [0.15, 0.2) is 0 Å².